The largest absolute Gasteiger partial charge is 0.373 e. The number of carbonyl (C=O) groups excluding carboxylic acids is 1. The fourth-order valence-corrected chi connectivity index (χ4v) is 2.87. The maximum Gasteiger partial charge on any atom is 0.242 e. The van der Waals surface area contributed by atoms with Crippen LogP contribution in [0.15, 0.2) is 42.5 Å². The SMILES string of the molecule is CC(NC(=O)C1CCc2c(F)cc(F)cc2N1)c1ccccc1. The summed E-state index contributed by atoms with van der Waals surface area (Å²) in [5, 5.41) is 5.88. The van der Waals surface area contributed by atoms with E-state index in [1.807, 2.05) is 37.3 Å². The molecule has 2 aromatic rings. The van der Waals surface area contributed by atoms with E-state index < -0.39 is 17.7 Å². The van der Waals surface area contributed by atoms with Gasteiger partial charge in [-0.25, -0.2) is 8.78 Å². The number of fused-ring (bicyclic) bond motifs is 1. The van der Waals surface area contributed by atoms with Gasteiger partial charge in [-0.05, 0) is 31.4 Å². The van der Waals surface area contributed by atoms with Gasteiger partial charge in [0.05, 0.1) is 6.04 Å². The molecule has 120 valence electrons. The number of nitrogens with one attached hydrogen (secondary N) is 2. The number of anilines is 1. The van der Waals surface area contributed by atoms with Crippen molar-refractivity contribution in [3.8, 4) is 0 Å². The molecular formula is C18H18F2N2O. The number of benzene rings is 2. The minimum Gasteiger partial charge on any atom is -0.373 e. The lowest BCUT2D eigenvalue weighted by Gasteiger charge is -2.28. The van der Waals surface area contributed by atoms with E-state index in [-0.39, 0.29) is 11.9 Å². The molecule has 3 rings (SSSR count). The van der Waals surface area contributed by atoms with E-state index in [4.69, 9.17) is 0 Å². The summed E-state index contributed by atoms with van der Waals surface area (Å²) >= 11 is 0. The molecule has 2 unspecified atom stereocenters. The Morgan fingerprint density at radius 1 is 1.26 bits per heavy atom. The summed E-state index contributed by atoms with van der Waals surface area (Å²) < 4.78 is 27.0. The summed E-state index contributed by atoms with van der Waals surface area (Å²) in [6, 6.07) is 11.1. The highest BCUT2D eigenvalue weighted by atomic mass is 19.1. The molecule has 0 radical (unpaired) electrons. The second-order valence-corrected chi connectivity index (χ2v) is 5.79. The summed E-state index contributed by atoms with van der Waals surface area (Å²) in [5.74, 6) is -1.38. The zero-order valence-electron chi connectivity index (χ0n) is 12.8. The summed E-state index contributed by atoms with van der Waals surface area (Å²) in [7, 11) is 0. The highest BCUT2D eigenvalue weighted by Crippen LogP contribution is 2.28. The zero-order chi connectivity index (χ0) is 16.4. The number of halogens is 2. The standard InChI is InChI=1S/C18H18F2N2O/c1-11(12-5-3-2-4-6-12)21-18(23)16-8-7-14-15(20)9-13(19)10-17(14)22-16/h2-6,9-11,16,22H,7-8H2,1H3,(H,21,23). The molecule has 0 saturated carbocycles. The Kier molecular flexibility index (Phi) is 4.28. The number of hydrogen-bond acceptors (Lipinski definition) is 2. The van der Waals surface area contributed by atoms with Crippen molar-refractivity contribution < 1.29 is 13.6 Å². The molecule has 2 aromatic carbocycles. The molecule has 23 heavy (non-hydrogen) atoms. The molecule has 5 heteroatoms. The fraction of sp³-hybridized carbons (Fsp3) is 0.278. The molecule has 2 N–H and O–H groups in total. The van der Waals surface area contributed by atoms with E-state index in [9.17, 15) is 13.6 Å². The average Bonchev–Trinajstić information content (AvgIpc) is 2.54. The van der Waals surface area contributed by atoms with Crippen LogP contribution in [0.1, 0.15) is 30.5 Å². The van der Waals surface area contributed by atoms with Crippen molar-refractivity contribution in [3.05, 3.63) is 65.2 Å². The third-order valence-corrected chi connectivity index (χ3v) is 4.15. The Morgan fingerprint density at radius 3 is 2.74 bits per heavy atom. The van der Waals surface area contributed by atoms with Gasteiger partial charge in [-0.2, -0.15) is 0 Å². The summed E-state index contributed by atoms with van der Waals surface area (Å²) in [6.45, 7) is 1.91. The summed E-state index contributed by atoms with van der Waals surface area (Å²) in [5.41, 5.74) is 1.81. The number of carbonyl (C=O) groups is 1. The predicted octanol–water partition coefficient (Wildman–Crippen LogP) is 3.57. The Hall–Kier alpha value is -2.43. The molecule has 1 amide bonds. The molecule has 0 fully saturated rings. The summed E-state index contributed by atoms with van der Waals surface area (Å²) in [4.78, 5) is 12.4. The lowest BCUT2D eigenvalue weighted by molar-refractivity contribution is -0.122. The Bertz CT molecular complexity index is 718. The third kappa shape index (κ3) is 3.33. The van der Waals surface area contributed by atoms with Crippen molar-refractivity contribution in [1.29, 1.82) is 0 Å². The van der Waals surface area contributed by atoms with Crippen LogP contribution in [0.5, 0.6) is 0 Å². The molecule has 1 aliphatic rings. The normalized spacial score (nSPS) is 17.8. The van der Waals surface area contributed by atoms with Gasteiger partial charge in [0, 0.05) is 17.3 Å². The highest BCUT2D eigenvalue weighted by molar-refractivity contribution is 5.86. The van der Waals surface area contributed by atoms with Crippen LogP contribution in [-0.2, 0) is 11.2 Å². The molecule has 0 aliphatic carbocycles. The first-order valence-corrected chi connectivity index (χ1v) is 7.64. The van der Waals surface area contributed by atoms with Gasteiger partial charge in [0.15, 0.2) is 0 Å². The van der Waals surface area contributed by atoms with Crippen LogP contribution < -0.4 is 10.6 Å². The van der Waals surface area contributed by atoms with Gasteiger partial charge >= 0.3 is 0 Å². The zero-order valence-corrected chi connectivity index (χ0v) is 12.8. The van der Waals surface area contributed by atoms with Crippen molar-refractivity contribution in [2.45, 2.75) is 31.8 Å². The second kappa shape index (κ2) is 6.36. The molecule has 0 aromatic heterocycles. The smallest absolute Gasteiger partial charge is 0.242 e. The molecule has 1 aliphatic heterocycles. The molecule has 0 spiro atoms. The first kappa shape index (κ1) is 15.5. The van der Waals surface area contributed by atoms with Gasteiger partial charge in [0.25, 0.3) is 0 Å². The van der Waals surface area contributed by atoms with Gasteiger partial charge in [-0.3, -0.25) is 4.79 Å². The molecule has 0 saturated heterocycles. The predicted molar refractivity (Wildman–Crippen MR) is 85.1 cm³/mol. The van der Waals surface area contributed by atoms with Crippen LogP contribution in [0.25, 0.3) is 0 Å². The van der Waals surface area contributed by atoms with Crippen LogP contribution >= 0.6 is 0 Å². The first-order valence-electron chi connectivity index (χ1n) is 7.64. The Labute approximate surface area is 133 Å². The van der Waals surface area contributed by atoms with E-state index >= 15 is 0 Å². The van der Waals surface area contributed by atoms with Crippen LogP contribution in [0.2, 0.25) is 0 Å². The van der Waals surface area contributed by atoms with Crippen molar-refractivity contribution in [2.75, 3.05) is 5.32 Å². The molecule has 1 heterocycles. The Morgan fingerprint density at radius 2 is 2.00 bits per heavy atom. The average molecular weight is 316 g/mol. The minimum atomic E-state index is -0.646. The quantitative estimate of drug-likeness (QED) is 0.909. The first-order chi connectivity index (χ1) is 11.0. The highest BCUT2D eigenvalue weighted by Gasteiger charge is 2.27. The molecule has 2 atom stereocenters. The monoisotopic (exact) mass is 316 g/mol. The summed E-state index contributed by atoms with van der Waals surface area (Å²) in [6.07, 6.45) is 0.884. The van der Waals surface area contributed by atoms with Crippen molar-refractivity contribution in [1.82, 2.24) is 5.32 Å². The lowest BCUT2D eigenvalue weighted by atomic mass is 9.96. The van der Waals surface area contributed by atoms with E-state index in [1.54, 1.807) is 0 Å². The second-order valence-electron chi connectivity index (χ2n) is 5.79. The third-order valence-electron chi connectivity index (χ3n) is 4.15. The topological polar surface area (TPSA) is 41.1 Å². The minimum absolute atomic E-state index is 0.129. The van der Waals surface area contributed by atoms with Gasteiger partial charge in [-0.15, -0.1) is 0 Å². The van der Waals surface area contributed by atoms with Gasteiger partial charge in [0.1, 0.15) is 17.7 Å². The van der Waals surface area contributed by atoms with Crippen molar-refractivity contribution in [3.63, 3.8) is 0 Å². The van der Waals surface area contributed by atoms with E-state index in [1.165, 1.54) is 6.07 Å². The number of amides is 1. The molecule has 0 bridgehead atoms. The van der Waals surface area contributed by atoms with Crippen molar-refractivity contribution in [2.24, 2.45) is 0 Å². The number of rotatable bonds is 3. The van der Waals surface area contributed by atoms with Crippen LogP contribution in [0.3, 0.4) is 0 Å². The van der Waals surface area contributed by atoms with Gasteiger partial charge < -0.3 is 10.6 Å². The van der Waals surface area contributed by atoms with E-state index in [0.717, 1.165) is 11.6 Å². The maximum atomic E-state index is 13.7. The van der Waals surface area contributed by atoms with Crippen LogP contribution in [-0.4, -0.2) is 11.9 Å². The van der Waals surface area contributed by atoms with Gasteiger partial charge in [-0.1, -0.05) is 30.3 Å². The van der Waals surface area contributed by atoms with Crippen molar-refractivity contribution >= 4 is 11.6 Å². The van der Waals surface area contributed by atoms with E-state index in [2.05, 4.69) is 10.6 Å². The number of hydrogen-bond donors (Lipinski definition) is 2. The lowest BCUT2D eigenvalue weighted by Crippen LogP contribution is -2.42. The fourth-order valence-electron chi connectivity index (χ4n) is 2.87. The van der Waals surface area contributed by atoms with Crippen LogP contribution in [0, 0.1) is 11.6 Å². The van der Waals surface area contributed by atoms with E-state index in [0.29, 0.717) is 24.1 Å². The van der Waals surface area contributed by atoms with Crippen LogP contribution in [0.4, 0.5) is 14.5 Å². The molecule has 3 nitrogen and oxygen atoms in total. The van der Waals surface area contributed by atoms with Gasteiger partial charge in [0.2, 0.25) is 5.91 Å². The Balaban J connectivity index is 1.70. The molecular weight excluding hydrogens is 298 g/mol. The maximum absolute atomic E-state index is 13.7.